The zero-order valence-electron chi connectivity index (χ0n) is 12.3. The first-order valence-electron chi connectivity index (χ1n) is 7.83. The van der Waals surface area contributed by atoms with E-state index in [9.17, 15) is 4.79 Å². The van der Waals surface area contributed by atoms with Crippen LogP contribution in [-0.2, 0) is 4.79 Å². The van der Waals surface area contributed by atoms with Crippen LogP contribution in [0.3, 0.4) is 0 Å². The van der Waals surface area contributed by atoms with Gasteiger partial charge in [-0.1, -0.05) is 25.0 Å². The van der Waals surface area contributed by atoms with Crippen molar-refractivity contribution in [2.24, 2.45) is 5.92 Å². The van der Waals surface area contributed by atoms with E-state index in [1.54, 1.807) is 0 Å². The predicted octanol–water partition coefficient (Wildman–Crippen LogP) is 3.09. The van der Waals surface area contributed by atoms with Crippen LogP contribution in [-0.4, -0.2) is 32.5 Å². The number of nitrogens with zero attached hydrogens (tertiary/aromatic N) is 2. The molecular formula is C17H24N2O. The Morgan fingerprint density at radius 3 is 2.75 bits per heavy atom. The zero-order valence-corrected chi connectivity index (χ0v) is 12.3. The molecule has 1 aromatic carbocycles. The number of carbonyl (C=O) groups is 1. The van der Waals surface area contributed by atoms with E-state index in [0.717, 1.165) is 38.9 Å². The van der Waals surface area contributed by atoms with Crippen LogP contribution in [0.5, 0.6) is 0 Å². The van der Waals surface area contributed by atoms with E-state index in [-0.39, 0.29) is 5.92 Å². The highest BCUT2D eigenvalue weighted by molar-refractivity contribution is 5.82. The summed E-state index contributed by atoms with van der Waals surface area (Å²) < 4.78 is 0. The standard InChI is InChI=1S/C17H24N2O/c1-18-11-12-19(16-9-6-5-8-15(16)18)13-14-7-3-2-4-10-17(14)20/h5-6,8-9,14H,2-4,7,10-13H2,1H3. The third-order valence-electron chi connectivity index (χ3n) is 4.71. The SMILES string of the molecule is CN1CCN(CC2CCCCCC2=O)c2ccccc21. The molecule has 0 bridgehead atoms. The average Bonchev–Trinajstić information content (AvgIpc) is 2.67. The lowest BCUT2D eigenvalue weighted by Gasteiger charge is -2.38. The highest BCUT2D eigenvalue weighted by Crippen LogP contribution is 2.33. The molecule has 0 amide bonds. The summed E-state index contributed by atoms with van der Waals surface area (Å²) in [6.45, 7) is 2.97. The van der Waals surface area contributed by atoms with Gasteiger partial charge in [-0.3, -0.25) is 4.79 Å². The van der Waals surface area contributed by atoms with E-state index in [0.29, 0.717) is 5.78 Å². The van der Waals surface area contributed by atoms with Crippen molar-refractivity contribution in [1.29, 1.82) is 0 Å². The molecule has 0 radical (unpaired) electrons. The molecule has 0 N–H and O–H groups in total. The largest absolute Gasteiger partial charge is 0.371 e. The molecular weight excluding hydrogens is 248 g/mol. The maximum atomic E-state index is 12.2. The molecule has 1 atom stereocenters. The third kappa shape index (κ3) is 2.67. The minimum absolute atomic E-state index is 0.244. The van der Waals surface area contributed by atoms with Crippen molar-refractivity contribution in [1.82, 2.24) is 0 Å². The molecule has 3 rings (SSSR count). The molecule has 3 heteroatoms. The summed E-state index contributed by atoms with van der Waals surface area (Å²) in [5.41, 5.74) is 2.58. The lowest BCUT2D eigenvalue weighted by atomic mass is 9.97. The second kappa shape index (κ2) is 5.86. The Bertz CT molecular complexity index is 486. The molecule has 2 aliphatic rings. The Labute approximate surface area is 121 Å². The maximum absolute atomic E-state index is 12.2. The molecule has 1 unspecified atom stereocenters. The lowest BCUT2D eigenvalue weighted by Crippen LogP contribution is -2.42. The molecule has 1 aliphatic carbocycles. The van der Waals surface area contributed by atoms with Crippen molar-refractivity contribution in [2.75, 3.05) is 36.5 Å². The maximum Gasteiger partial charge on any atom is 0.137 e. The van der Waals surface area contributed by atoms with Gasteiger partial charge < -0.3 is 9.80 Å². The number of Topliss-reactive ketones (excluding diaryl/α,β-unsaturated/α-hetero) is 1. The van der Waals surface area contributed by atoms with E-state index in [2.05, 4.69) is 41.1 Å². The summed E-state index contributed by atoms with van der Waals surface area (Å²) >= 11 is 0. The third-order valence-corrected chi connectivity index (χ3v) is 4.71. The van der Waals surface area contributed by atoms with E-state index >= 15 is 0 Å². The van der Waals surface area contributed by atoms with Crippen LogP contribution in [0.4, 0.5) is 11.4 Å². The number of carbonyl (C=O) groups excluding carboxylic acids is 1. The van der Waals surface area contributed by atoms with Crippen LogP contribution in [0.15, 0.2) is 24.3 Å². The molecule has 1 fully saturated rings. The number of likely N-dealkylation sites (N-methyl/N-ethyl adjacent to an activating group) is 1. The van der Waals surface area contributed by atoms with E-state index in [1.807, 2.05) is 0 Å². The number of hydrogen-bond acceptors (Lipinski definition) is 3. The summed E-state index contributed by atoms with van der Waals surface area (Å²) in [4.78, 5) is 17.0. The predicted molar refractivity (Wildman–Crippen MR) is 83.5 cm³/mol. The summed E-state index contributed by atoms with van der Waals surface area (Å²) in [5.74, 6) is 0.730. The fraction of sp³-hybridized carbons (Fsp3) is 0.588. The van der Waals surface area contributed by atoms with E-state index in [4.69, 9.17) is 0 Å². The molecule has 20 heavy (non-hydrogen) atoms. The first-order chi connectivity index (χ1) is 9.75. The van der Waals surface area contributed by atoms with Crippen molar-refractivity contribution in [3.8, 4) is 0 Å². The first kappa shape index (κ1) is 13.5. The summed E-state index contributed by atoms with van der Waals surface area (Å²) in [6, 6.07) is 8.55. The minimum Gasteiger partial charge on any atom is -0.371 e. The number of fused-ring (bicyclic) bond motifs is 1. The molecule has 1 aliphatic heterocycles. The molecule has 3 nitrogen and oxygen atoms in total. The van der Waals surface area contributed by atoms with Gasteiger partial charge in [-0.05, 0) is 25.0 Å². The topological polar surface area (TPSA) is 23.6 Å². The summed E-state index contributed by atoms with van der Waals surface area (Å²) in [7, 11) is 2.15. The molecule has 0 spiro atoms. The fourth-order valence-electron chi connectivity index (χ4n) is 3.45. The molecule has 108 valence electrons. The van der Waals surface area contributed by atoms with Gasteiger partial charge in [0, 0.05) is 39.0 Å². The lowest BCUT2D eigenvalue weighted by molar-refractivity contribution is -0.122. The van der Waals surface area contributed by atoms with Crippen molar-refractivity contribution in [3.63, 3.8) is 0 Å². The fourth-order valence-corrected chi connectivity index (χ4v) is 3.45. The second-order valence-corrected chi connectivity index (χ2v) is 6.12. The van der Waals surface area contributed by atoms with Crippen molar-refractivity contribution >= 4 is 17.2 Å². The number of rotatable bonds is 2. The van der Waals surface area contributed by atoms with Crippen molar-refractivity contribution < 1.29 is 4.79 Å². The van der Waals surface area contributed by atoms with E-state index in [1.165, 1.54) is 24.2 Å². The quantitative estimate of drug-likeness (QED) is 0.773. The Morgan fingerprint density at radius 1 is 1.10 bits per heavy atom. The van der Waals surface area contributed by atoms with E-state index < -0.39 is 0 Å². The van der Waals surface area contributed by atoms with Crippen LogP contribution in [0.25, 0.3) is 0 Å². The van der Waals surface area contributed by atoms with Crippen LogP contribution in [0, 0.1) is 5.92 Å². The van der Waals surface area contributed by atoms with Gasteiger partial charge in [0.1, 0.15) is 5.78 Å². The Balaban J connectivity index is 1.78. The first-order valence-corrected chi connectivity index (χ1v) is 7.83. The Kier molecular flexibility index (Phi) is 3.95. The van der Waals surface area contributed by atoms with Gasteiger partial charge in [0.2, 0.25) is 0 Å². The van der Waals surface area contributed by atoms with Crippen molar-refractivity contribution in [3.05, 3.63) is 24.3 Å². The summed E-state index contributed by atoms with van der Waals surface area (Å²) in [6.07, 6.45) is 5.40. The minimum atomic E-state index is 0.244. The monoisotopic (exact) mass is 272 g/mol. The molecule has 0 aromatic heterocycles. The van der Waals surface area contributed by atoms with Crippen LogP contribution in [0.2, 0.25) is 0 Å². The van der Waals surface area contributed by atoms with Gasteiger partial charge in [-0.25, -0.2) is 0 Å². The van der Waals surface area contributed by atoms with Crippen molar-refractivity contribution in [2.45, 2.75) is 32.1 Å². The second-order valence-electron chi connectivity index (χ2n) is 6.12. The van der Waals surface area contributed by atoms with Gasteiger partial charge in [0.05, 0.1) is 11.4 Å². The van der Waals surface area contributed by atoms with Gasteiger partial charge in [-0.15, -0.1) is 0 Å². The highest BCUT2D eigenvalue weighted by Gasteiger charge is 2.26. The average molecular weight is 272 g/mol. The van der Waals surface area contributed by atoms with Gasteiger partial charge in [-0.2, -0.15) is 0 Å². The van der Waals surface area contributed by atoms with Crippen LogP contribution < -0.4 is 9.80 Å². The van der Waals surface area contributed by atoms with Crippen LogP contribution >= 0.6 is 0 Å². The molecule has 1 saturated carbocycles. The number of anilines is 2. The molecule has 1 aromatic rings. The Hall–Kier alpha value is -1.51. The number of para-hydroxylation sites is 2. The van der Waals surface area contributed by atoms with Gasteiger partial charge in [0.25, 0.3) is 0 Å². The van der Waals surface area contributed by atoms with Gasteiger partial charge >= 0.3 is 0 Å². The number of benzene rings is 1. The molecule has 0 saturated heterocycles. The molecule has 1 heterocycles. The zero-order chi connectivity index (χ0) is 13.9. The normalized spacial score (nSPS) is 23.4. The summed E-state index contributed by atoms with van der Waals surface area (Å²) in [5, 5.41) is 0. The number of ketones is 1. The number of hydrogen-bond donors (Lipinski definition) is 0. The van der Waals surface area contributed by atoms with Gasteiger partial charge in [0.15, 0.2) is 0 Å². The Morgan fingerprint density at radius 2 is 1.90 bits per heavy atom. The van der Waals surface area contributed by atoms with Crippen LogP contribution in [0.1, 0.15) is 32.1 Å². The smallest absolute Gasteiger partial charge is 0.137 e. The highest BCUT2D eigenvalue weighted by atomic mass is 16.1.